The van der Waals surface area contributed by atoms with Crippen molar-refractivity contribution in [3.63, 3.8) is 0 Å². The van der Waals surface area contributed by atoms with Gasteiger partial charge in [0.05, 0.1) is 5.00 Å². The van der Waals surface area contributed by atoms with Crippen LogP contribution < -0.4 is 11.1 Å². The average molecular weight is 249 g/mol. The molecule has 1 atom stereocenters. The average Bonchev–Trinajstić information content (AvgIpc) is 2.47. The van der Waals surface area contributed by atoms with Crippen LogP contribution in [0, 0.1) is 5.92 Å². The summed E-state index contributed by atoms with van der Waals surface area (Å²) in [5.41, 5.74) is 5.50. The summed E-state index contributed by atoms with van der Waals surface area (Å²) in [6.45, 7) is 3.82. The van der Waals surface area contributed by atoms with Crippen molar-refractivity contribution in [3.8, 4) is 0 Å². The molecule has 0 fully saturated rings. The Morgan fingerprint density at radius 1 is 1.75 bits per heavy atom. The molecule has 0 aliphatic carbocycles. The van der Waals surface area contributed by atoms with Crippen molar-refractivity contribution in [3.05, 3.63) is 15.9 Å². The fourth-order valence-corrected chi connectivity index (χ4v) is 2.09. The van der Waals surface area contributed by atoms with E-state index in [1.807, 2.05) is 0 Å². The Morgan fingerprint density at radius 2 is 2.50 bits per heavy atom. The molecule has 4 heteroatoms. The Hall–Kier alpha value is -0.0600. The predicted octanol–water partition coefficient (Wildman–Crippen LogP) is 2.52. The van der Waals surface area contributed by atoms with Crippen molar-refractivity contribution in [1.29, 1.82) is 0 Å². The Morgan fingerprint density at radius 3 is 3.00 bits per heavy atom. The highest BCUT2D eigenvalue weighted by Gasteiger charge is 2.00. The number of hydrogen-bond donors (Lipinski definition) is 2. The smallest absolute Gasteiger partial charge is 0.0894 e. The van der Waals surface area contributed by atoms with Gasteiger partial charge in [0, 0.05) is 16.4 Å². The van der Waals surface area contributed by atoms with Gasteiger partial charge >= 0.3 is 0 Å². The molecule has 0 saturated carbocycles. The molecule has 1 heterocycles. The third-order valence-electron chi connectivity index (χ3n) is 1.59. The minimum absolute atomic E-state index is 0.533. The minimum Gasteiger partial charge on any atom is -0.377 e. The van der Waals surface area contributed by atoms with E-state index in [2.05, 4.69) is 39.6 Å². The molecule has 1 aromatic rings. The summed E-state index contributed by atoms with van der Waals surface area (Å²) in [6, 6.07) is 2.08. The first-order valence-electron chi connectivity index (χ1n) is 3.90. The summed E-state index contributed by atoms with van der Waals surface area (Å²) in [7, 11) is 0. The van der Waals surface area contributed by atoms with Gasteiger partial charge in [-0.25, -0.2) is 0 Å². The summed E-state index contributed by atoms with van der Waals surface area (Å²) in [6.07, 6.45) is 0. The van der Waals surface area contributed by atoms with Crippen LogP contribution in [0.5, 0.6) is 0 Å². The van der Waals surface area contributed by atoms with Crippen LogP contribution in [0.4, 0.5) is 5.00 Å². The van der Waals surface area contributed by atoms with E-state index >= 15 is 0 Å². The second kappa shape index (κ2) is 4.84. The van der Waals surface area contributed by atoms with Gasteiger partial charge in [0.1, 0.15) is 0 Å². The van der Waals surface area contributed by atoms with Gasteiger partial charge in [0.15, 0.2) is 0 Å². The Bertz CT molecular complexity index is 237. The van der Waals surface area contributed by atoms with Gasteiger partial charge in [-0.2, -0.15) is 0 Å². The number of nitrogens with one attached hydrogen (secondary N) is 1. The zero-order chi connectivity index (χ0) is 8.97. The van der Waals surface area contributed by atoms with Crippen LogP contribution in [0.3, 0.4) is 0 Å². The van der Waals surface area contributed by atoms with E-state index < -0.39 is 0 Å². The van der Waals surface area contributed by atoms with Crippen LogP contribution in [0.1, 0.15) is 6.92 Å². The van der Waals surface area contributed by atoms with Gasteiger partial charge < -0.3 is 11.1 Å². The zero-order valence-electron chi connectivity index (χ0n) is 7.01. The molecule has 1 aromatic heterocycles. The van der Waals surface area contributed by atoms with Crippen LogP contribution in [0.2, 0.25) is 0 Å². The highest BCUT2D eigenvalue weighted by Crippen LogP contribution is 2.24. The molecule has 2 nitrogen and oxygen atoms in total. The van der Waals surface area contributed by atoms with E-state index in [-0.39, 0.29) is 0 Å². The van der Waals surface area contributed by atoms with Crippen molar-refractivity contribution in [2.24, 2.45) is 11.7 Å². The van der Waals surface area contributed by atoms with E-state index in [4.69, 9.17) is 5.73 Å². The van der Waals surface area contributed by atoms with E-state index in [1.165, 1.54) is 5.00 Å². The maximum absolute atomic E-state index is 5.50. The Labute approximate surface area is 85.3 Å². The minimum atomic E-state index is 0.533. The lowest BCUT2D eigenvalue weighted by Gasteiger charge is -2.08. The van der Waals surface area contributed by atoms with Gasteiger partial charge in [0.2, 0.25) is 0 Å². The Kier molecular flexibility index (Phi) is 4.05. The molecule has 0 aliphatic rings. The predicted molar refractivity (Wildman–Crippen MR) is 58.7 cm³/mol. The number of thiophene rings is 1. The molecule has 0 amide bonds. The van der Waals surface area contributed by atoms with Gasteiger partial charge in [-0.15, -0.1) is 11.3 Å². The van der Waals surface area contributed by atoms with Crippen molar-refractivity contribution >= 4 is 32.3 Å². The normalized spacial score (nSPS) is 12.9. The second-order valence-electron chi connectivity index (χ2n) is 2.85. The lowest BCUT2D eigenvalue weighted by Crippen LogP contribution is -2.19. The molecule has 0 aromatic carbocycles. The number of anilines is 1. The van der Waals surface area contributed by atoms with Crippen molar-refractivity contribution in [2.45, 2.75) is 6.92 Å². The van der Waals surface area contributed by atoms with Crippen LogP contribution in [0.15, 0.2) is 15.9 Å². The van der Waals surface area contributed by atoms with Gasteiger partial charge in [-0.05, 0) is 34.5 Å². The number of nitrogens with two attached hydrogens (primary N) is 1. The van der Waals surface area contributed by atoms with Crippen LogP contribution in [-0.2, 0) is 0 Å². The van der Waals surface area contributed by atoms with Crippen molar-refractivity contribution in [1.82, 2.24) is 0 Å². The highest BCUT2D eigenvalue weighted by molar-refractivity contribution is 9.10. The van der Waals surface area contributed by atoms with Crippen LogP contribution >= 0.6 is 27.3 Å². The molecular formula is C8H13BrN2S. The summed E-state index contributed by atoms with van der Waals surface area (Å²) >= 11 is 5.11. The first kappa shape index (κ1) is 10.0. The van der Waals surface area contributed by atoms with E-state index in [0.717, 1.165) is 17.6 Å². The highest BCUT2D eigenvalue weighted by atomic mass is 79.9. The fourth-order valence-electron chi connectivity index (χ4n) is 0.764. The third kappa shape index (κ3) is 3.13. The largest absolute Gasteiger partial charge is 0.377 e. The molecule has 12 heavy (non-hydrogen) atoms. The van der Waals surface area contributed by atoms with Gasteiger partial charge in [-0.1, -0.05) is 6.92 Å². The second-order valence-corrected chi connectivity index (χ2v) is 4.68. The van der Waals surface area contributed by atoms with Crippen LogP contribution in [-0.4, -0.2) is 13.1 Å². The topological polar surface area (TPSA) is 38.0 Å². The number of rotatable bonds is 4. The first-order valence-corrected chi connectivity index (χ1v) is 5.57. The fraction of sp³-hybridized carbons (Fsp3) is 0.500. The molecule has 0 aliphatic heterocycles. The molecule has 0 radical (unpaired) electrons. The SMILES string of the molecule is CC(CN)CNc1cc(Br)cs1. The van der Waals surface area contributed by atoms with Crippen molar-refractivity contribution < 1.29 is 0 Å². The lowest BCUT2D eigenvalue weighted by atomic mass is 10.2. The molecule has 0 spiro atoms. The molecule has 3 N–H and O–H groups in total. The van der Waals surface area contributed by atoms with Crippen molar-refractivity contribution in [2.75, 3.05) is 18.4 Å². The first-order chi connectivity index (χ1) is 5.72. The maximum Gasteiger partial charge on any atom is 0.0894 e. The molecule has 1 rings (SSSR count). The monoisotopic (exact) mass is 248 g/mol. The molecule has 0 bridgehead atoms. The summed E-state index contributed by atoms with van der Waals surface area (Å²) in [5, 5.41) is 6.59. The van der Waals surface area contributed by atoms with Crippen LogP contribution in [0.25, 0.3) is 0 Å². The summed E-state index contributed by atoms with van der Waals surface area (Å²) in [5.74, 6) is 0.533. The molecular weight excluding hydrogens is 236 g/mol. The van der Waals surface area contributed by atoms with Gasteiger partial charge in [0.25, 0.3) is 0 Å². The third-order valence-corrected chi connectivity index (χ3v) is 3.24. The van der Waals surface area contributed by atoms with E-state index in [1.54, 1.807) is 11.3 Å². The molecule has 0 saturated heterocycles. The van der Waals surface area contributed by atoms with Gasteiger partial charge in [-0.3, -0.25) is 0 Å². The maximum atomic E-state index is 5.50. The van der Waals surface area contributed by atoms with E-state index in [0.29, 0.717) is 5.92 Å². The number of halogens is 1. The zero-order valence-corrected chi connectivity index (χ0v) is 9.41. The molecule has 1 unspecified atom stereocenters. The standard InChI is InChI=1S/C8H13BrN2S/c1-6(3-10)4-11-8-2-7(9)5-12-8/h2,5-6,11H,3-4,10H2,1H3. The van der Waals surface area contributed by atoms with E-state index in [9.17, 15) is 0 Å². The lowest BCUT2D eigenvalue weighted by molar-refractivity contribution is 0.629. The summed E-state index contributed by atoms with van der Waals surface area (Å²) in [4.78, 5) is 0. The summed E-state index contributed by atoms with van der Waals surface area (Å²) < 4.78 is 1.13. The molecule has 68 valence electrons. The number of hydrogen-bond acceptors (Lipinski definition) is 3. The quantitative estimate of drug-likeness (QED) is 0.860. The Balaban J connectivity index is 2.33.